The maximum Gasteiger partial charge on any atom is 0.120 e. The number of phenols is 1. The lowest BCUT2D eigenvalue weighted by molar-refractivity contribution is -0.0159. The van der Waals surface area contributed by atoms with E-state index in [0.717, 1.165) is 29.6 Å². The van der Waals surface area contributed by atoms with E-state index in [9.17, 15) is 5.11 Å². The number of ether oxygens (including phenoxy) is 2. The number of methoxy groups -OCH3 is 1. The molecule has 0 radical (unpaired) electrons. The summed E-state index contributed by atoms with van der Waals surface area (Å²) in [7, 11) is 1.72. The van der Waals surface area contributed by atoms with E-state index in [0.29, 0.717) is 18.9 Å². The Labute approximate surface area is 115 Å². The van der Waals surface area contributed by atoms with Gasteiger partial charge in [0, 0.05) is 43.3 Å². The molecule has 2 N–H and O–H groups in total. The molecule has 0 saturated carbocycles. The molecule has 1 aliphatic heterocycles. The van der Waals surface area contributed by atoms with Crippen molar-refractivity contribution in [2.45, 2.75) is 18.6 Å². The highest BCUT2D eigenvalue weighted by Gasteiger charge is 2.34. The van der Waals surface area contributed by atoms with Gasteiger partial charge >= 0.3 is 0 Å². The molecule has 0 aliphatic carbocycles. The number of hydrogen-bond acceptors (Lipinski definition) is 4. The van der Waals surface area contributed by atoms with E-state index in [-0.39, 0.29) is 5.60 Å². The van der Waals surface area contributed by atoms with Crippen molar-refractivity contribution < 1.29 is 14.6 Å². The van der Waals surface area contributed by atoms with E-state index in [4.69, 9.17) is 9.47 Å². The van der Waals surface area contributed by atoms with Crippen molar-refractivity contribution in [3.8, 4) is 5.75 Å². The van der Waals surface area contributed by atoms with Crippen LogP contribution in [0.25, 0.3) is 0 Å². The second kappa shape index (κ2) is 6.02. The molecule has 0 amide bonds. The molecule has 1 aromatic rings. The molecule has 100 valence electrons. The van der Waals surface area contributed by atoms with Crippen LogP contribution in [0.5, 0.6) is 5.75 Å². The summed E-state index contributed by atoms with van der Waals surface area (Å²) in [4.78, 5) is 0. The normalized spacial score (nSPS) is 23.4. The van der Waals surface area contributed by atoms with Gasteiger partial charge in [-0.3, -0.25) is 0 Å². The Balaban J connectivity index is 1.89. The number of hydrogen-bond donors (Lipinski definition) is 2. The third-order valence-corrected chi connectivity index (χ3v) is 3.80. The van der Waals surface area contributed by atoms with E-state index in [1.54, 1.807) is 13.2 Å². The second-order valence-corrected chi connectivity index (χ2v) is 5.48. The molecule has 5 heteroatoms. The van der Waals surface area contributed by atoms with Gasteiger partial charge in [-0.05, 0) is 18.2 Å². The summed E-state index contributed by atoms with van der Waals surface area (Å²) in [6.45, 7) is 2.70. The first-order valence-electron chi connectivity index (χ1n) is 5.96. The monoisotopic (exact) mass is 315 g/mol. The summed E-state index contributed by atoms with van der Waals surface area (Å²) in [5, 5.41) is 13.0. The van der Waals surface area contributed by atoms with Gasteiger partial charge in [0.2, 0.25) is 0 Å². The molecule has 4 nitrogen and oxygen atoms in total. The van der Waals surface area contributed by atoms with Gasteiger partial charge in [-0.25, -0.2) is 0 Å². The zero-order valence-corrected chi connectivity index (χ0v) is 12.0. The average molecular weight is 316 g/mol. The molecular weight excluding hydrogens is 298 g/mol. The Kier molecular flexibility index (Phi) is 4.61. The van der Waals surface area contributed by atoms with Gasteiger partial charge in [-0.2, -0.15) is 0 Å². The van der Waals surface area contributed by atoms with Crippen LogP contribution in [0.3, 0.4) is 0 Å². The lowest BCUT2D eigenvalue weighted by Gasteiger charge is -2.26. The second-order valence-electron chi connectivity index (χ2n) is 4.57. The highest BCUT2D eigenvalue weighted by molar-refractivity contribution is 9.10. The zero-order chi connectivity index (χ0) is 13.0. The van der Waals surface area contributed by atoms with Crippen molar-refractivity contribution in [1.29, 1.82) is 0 Å². The zero-order valence-electron chi connectivity index (χ0n) is 10.4. The summed E-state index contributed by atoms with van der Waals surface area (Å²) in [5.74, 6) is 0.305. The predicted octanol–water partition coefficient (Wildman–Crippen LogP) is 2.05. The molecule has 1 atom stereocenters. The minimum atomic E-state index is -0.221. The maximum absolute atomic E-state index is 9.73. The van der Waals surface area contributed by atoms with Crippen molar-refractivity contribution in [3.63, 3.8) is 0 Å². The fourth-order valence-corrected chi connectivity index (χ4v) is 2.49. The quantitative estimate of drug-likeness (QED) is 0.873. The highest BCUT2D eigenvalue weighted by atomic mass is 79.9. The van der Waals surface area contributed by atoms with Crippen LogP contribution in [0.2, 0.25) is 0 Å². The number of benzene rings is 1. The fourth-order valence-electron chi connectivity index (χ4n) is 2.08. The van der Waals surface area contributed by atoms with Crippen molar-refractivity contribution in [1.82, 2.24) is 5.32 Å². The summed E-state index contributed by atoms with van der Waals surface area (Å²) in [6.07, 6.45) is 0.904. The van der Waals surface area contributed by atoms with Crippen LogP contribution in [0.4, 0.5) is 0 Å². The molecule has 0 bridgehead atoms. The van der Waals surface area contributed by atoms with Crippen molar-refractivity contribution in [2.24, 2.45) is 0 Å². The first kappa shape index (κ1) is 13.8. The van der Waals surface area contributed by atoms with Crippen LogP contribution < -0.4 is 5.32 Å². The molecule has 1 unspecified atom stereocenters. The predicted molar refractivity (Wildman–Crippen MR) is 72.7 cm³/mol. The number of nitrogens with one attached hydrogen (secondary N) is 1. The Bertz CT molecular complexity index is 405. The maximum atomic E-state index is 9.73. The van der Waals surface area contributed by atoms with E-state index >= 15 is 0 Å². The third-order valence-electron chi connectivity index (χ3n) is 3.30. The van der Waals surface area contributed by atoms with Gasteiger partial charge in [-0.15, -0.1) is 0 Å². The Morgan fingerprint density at radius 3 is 3.06 bits per heavy atom. The van der Waals surface area contributed by atoms with Crippen LogP contribution in [0, 0.1) is 0 Å². The molecule has 1 fully saturated rings. The molecule has 1 saturated heterocycles. The summed E-state index contributed by atoms with van der Waals surface area (Å²) < 4.78 is 11.9. The average Bonchev–Trinajstić information content (AvgIpc) is 2.83. The van der Waals surface area contributed by atoms with Gasteiger partial charge in [-0.1, -0.05) is 15.9 Å². The Morgan fingerprint density at radius 1 is 1.56 bits per heavy atom. The van der Waals surface area contributed by atoms with Crippen LogP contribution in [0.15, 0.2) is 22.7 Å². The van der Waals surface area contributed by atoms with Gasteiger partial charge in [0.05, 0.1) is 6.61 Å². The van der Waals surface area contributed by atoms with Crippen LogP contribution in [-0.2, 0) is 16.0 Å². The molecular formula is C13H18BrNO3. The first-order valence-corrected chi connectivity index (χ1v) is 6.75. The number of phenolic OH excluding ortho intramolecular Hbond substituents is 1. The summed E-state index contributed by atoms with van der Waals surface area (Å²) in [5.41, 5.74) is 0.649. The largest absolute Gasteiger partial charge is 0.508 e. The van der Waals surface area contributed by atoms with E-state index in [1.807, 2.05) is 12.1 Å². The smallest absolute Gasteiger partial charge is 0.120 e. The third kappa shape index (κ3) is 3.23. The van der Waals surface area contributed by atoms with E-state index in [1.165, 1.54) is 0 Å². The molecule has 0 aromatic heterocycles. The molecule has 1 heterocycles. The van der Waals surface area contributed by atoms with Gasteiger partial charge < -0.3 is 19.9 Å². The van der Waals surface area contributed by atoms with E-state index in [2.05, 4.69) is 21.2 Å². The number of rotatable bonds is 5. The highest BCUT2D eigenvalue weighted by Crippen LogP contribution is 2.23. The Hall–Kier alpha value is -0.620. The number of halogens is 1. The first-order chi connectivity index (χ1) is 8.65. The van der Waals surface area contributed by atoms with Gasteiger partial charge in [0.15, 0.2) is 0 Å². The van der Waals surface area contributed by atoms with Gasteiger partial charge in [0.25, 0.3) is 0 Å². The summed E-state index contributed by atoms with van der Waals surface area (Å²) in [6, 6.07) is 5.42. The van der Waals surface area contributed by atoms with Crippen LogP contribution >= 0.6 is 15.9 Å². The standard InChI is InChI=1S/C13H18BrNO3/c1-17-13(4-5-18-9-13)8-15-7-10-6-11(14)2-3-12(10)16/h2-3,6,15-16H,4-5,7-9H2,1H3. The van der Waals surface area contributed by atoms with E-state index < -0.39 is 0 Å². The van der Waals surface area contributed by atoms with Crippen molar-refractivity contribution >= 4 is 15.9 Å². The summed E-state index contributed by atoms with van der Waals surface area (Å²) >= 11 is 3.40. The Morgan fingerprint density at radius 2 is 2.39 bits per heavy atom. The lowest BCUT2D eigenvalue weighted by atomic mass is 10.0. The van der Waals surface area contributed by atoms with Crippen molar-refractivity contribution in [3.05, 3.63) is 28.2 Å². The number of aromatic hydroxyl groups is 1. The fraction of sp³-hybridized carbons (Fsp3) is 0.538. The van der Waals surface area contributed by atoms with Crippen LogP contribution in [-0.4, -0.2) is 37.6 Å². The molecule has 18 heavy (non-hydrogen) atoms. The molecule has 1 aliphatic rings. The SMILES string of the molecule is COC1(CNCc2cc(Br)ccc2O)CCOC1. The molecule has 0 spiro atoms. The molecule has 2 rings (SSSR count). The minimum absolute atomic E-state index is 0.221. The van der Waals surface area contributed by atoms with Crippen LogP contribution in [0.1, 0.15) is 12.0 Å². The lowest BCUT2D eigenvalue weighted by Crippen LogP contribution is -2.42. The topological polar surface area (TPSA) is 50.7 Å². The van der Waals surface area contributed by atoms with Gasteiger partial charge in [0.1, 0.15) is 11.4 Å². The minimum Gasteiger partial charge on any atom is -0.508 e. The molecule has 1 aromatic carbocycles. The van der Waals surface area contributed by atoms with Crippen molar-refractivity contribution in [2.75, 3.05) is 26.9 Å².